The molecule has 0 bridgehead atoms. The van der Waals surface area contributed by atoms with Crippen LogP contribution in [0.25, 0.3) is 0 Å². The number of hydrogen-bond donors (Lipinski definition) is 1. The van der Waals surface area contributed by atoms with Crippen molar-refractivity contribution in [3.8, 4) is 11.5 Å². The Labute approximate surface area is 167 Å². The second-order valence-corrected chi connectivity index (χ2v) is 9.26. The van der Waals surface area contributed by atoms with Crippen molar-refractivity contribution < 1.29 is 27.4 Å². The van der Waals surface area contributed by atoms with Gasteiger partial charge in [0, 0.05) is 13.1 Å². The number of amides is 1. The fourth-order valence-electron chi connectivity index (χ4n) is 3.12. The molecule has 3 heterocycles. The third-order valence-electron chi connectivity index (χ3n) is 4.67. The van der Waals surface area contributed by atoms with Crippen molar-refractivity contribution in [2.45, 2.75) is 17.9 Å². The van der Waals surface area contributed by atoms with Gasteiger partial charge in [0.25, 0.3) is 5.91 Å². The lowest BCUT2D eigenvalue weighted by molar-refractivity contribution is 0.0730. The average molecular weight is 425 g/mol. The Morgan fingerprint density at radius 1 is 1.18 bits per heavy atom. The summed E-state index contributed by atoms with van der Waals surface area (Å²) in [6.07, 6.45) is 0. The van der Waals surface area contributed by atoms with Gasteiger partial charge in [0.2, 0.25) is 16.8 Å². The molecule has 1 fully saturated rings. The summed E-state index contributed by atoms with van der Waals surface area (Å²) >= 11 is 1.11. The highest BCUT2D eigenvalue weighted by atomic mass is 32.2. The first-order valence-electron chi connectivity index (χ1n) is 8.82. The summed E-state index contributed by atoms with van der Waals surface area (Å²) in [6, 6.07) is 6.60. The fraction of sp³-hybridized carbons (Fsp3) is 0.389. The minimum Gasteiger partial charge on any atom is -0.454 e. The average Bonchev–Trinajstić information content (AvgIpc) is 3.37. The molecule has 10 heteroatoms. The zero-order valence-corrected chi connectivity index (χ0v) is 16.8. The molecule has 4 rings (SSSR count). The molecule has 2 aliphatic rings. The molecule has 1 aromatic carbocycles. The van der Waals surface area contributed by atoms with Gasteiger partial charge < -0.3 is 19.5 Å². The monoisotopic (exact) mass is 424 g/mol. The van der Waals surface area contributed by atoms with E-state index < -0.39 is 15.9 Å². The summed E-state index contributed by atoms with van der Waals surface area (Å²) in [4.78, 5) is 13.0. The van der Waals surface area contributed by atoms with Crippen LogP contribution in [0.5, 0.6) is 11.5 Å². The van der Waals surface area contributed by atoms with Crippen LogP contribution in [-0.2, 0) is 14.8 Å². The first-order chi connectivity index (χ1) is 13.5. The molecular formula is C18H20N2O6S2. The van der Waals surface area contributed by atoms with Gasteiger partial charge in [-0.2, -0.15) is 4.31 Å². The second kappa shape index (κ2) is 7.70. The maximum Gasteiger partial charge on any atom is 0.263 e. The molecule has 1 aromatic heterocycles. The number of morpholine rings is 1. The number of carbonyl (C=O) groups is 1. The number of sulfonamides is 1. The molecule has 1 amide bonds. The molecule has 1 atom stereocenters. The Hall–Kier alpha value is -2.14. The lowest BCUT2D eigenvalue weighted by Crippen LogP contribution is -2.41. The molecule has 1 N–H and O–H groups in total. The van der Waals surface area contributed by atoms with E-state index in [4.69, 9.17) is 14.2 Å². The highest BCUT2D eigenvalue weighted by Crippen LogP contribution is 2.34. The van der Waals surface area contributed by atoms with E-state index >= 15 is 0 Å². The maximum atomic E-state index is 12.9. The van der Waals surface area contributed by atoms with Gasteiger partial charge in [0.1, 0.15) is 9.77 Å². The number of nitrogens with zero attached hydrogens (tertiary/aromatic N) is 1. The lowest BCUT2D eigenvalue weighted by atomic mass is 10.1. The quantitative estimate of drug-likeness (QED) is 0.789. The smallest absolute Gasteiger partial charge is 0.263 e. The molecule has 8 nitrogen and oxygen atoms in total. The molecule has 2 aromatic rings. The molecule has 150 valence electrons. The first-order valence-corrected chi connectivity index (χ1v) is 11.1. The van der Waals surface area contributed by atoms with Crippen LogP contribution in [0.4, 0.5) is 0 Å². The van der Waals surface area contributed by atoms with Gasteiger partial charge in [-0.3, -0.25) is 4.79 Å². The lowest BCUT2D eigenvalue weighted by Gasteiger charge is -2.26. The predicted molar refractivity (Wildman–Crippen MR) is 102 cm³/mol. The van der Waals surface area contributed by atoms with Gasteiger partial charge >= 0.3 is 0 Å². The third-order valence-corrected chi connectivity index (χ3v) is 7.65. The molecule has 28 heavy (non-hydrogen) atoms. The van der Waals surface area contributed by atoms with Gasteiger partial charge in [0.15, 0.2) is 11.5 Å². The number of ether oxygens (including phenoxy) is 3. The summed E-state index contributed by atoms with van der Waals surface area (Å²) in [5.41, 5.74) is 0.840. The van der Waals surface area contributed by atoms with Crippen LogP contribution in [0.15, 0.2) is 34.5 Å². The van der Waals surface area contributed by atoms with Crippen molar-refractivity contribution in [1.82, 2.24) is 9.62 Å². The minimum absolute atomic E-state index is 0.0368. The van der Waals surface area contributed by atoms with Crippen molar-refractivity contribution in [3.63, 3.8) is 0 Å². The van der Waals surface area contributed by atoms with Gasteiger partial charge in [-0.25, -0.2) is 8.42 Å². The van der Waals surface area contributed by atoms with Crippen LogP contribution in [0.3, 0.4) is 0 Å². The van der Waals surface area contributed by atoms with E-state index in [0.717, 1.165) is 16.9 Å². The van der Waals surface area contributed by atoms with E-state index in [9.17, 15) is 13.2 Å². The van der Waals surface area contributed by atoms with E-state index in [1.807, 2.05) is 19.1 Å². The van der Waals surface area contributed by atoms with Gasteiger partial charge in [-0.1, -0.05) is 6.07 Å². The minimum atomic E-state index is -3.74. The van der Waals surface area contributed by atoms with E-state index in [2.05, 4.69) is 5.32 Å². The van der Waals surface area contributed by atoms with Crippen LogP contribution in [0.2, 0.25) is 0 Å². The molecule has 0 saturated carbocycles. The number of carbonyl (C=O) groups excluding carboxylic acids is 1. The molecular weight excluding hydrogens is 404 g/mol. The molecule has 0 spiro atoms. The highest BCUT2D eigenvalue weighted by Gasteiger charge is 2.31. The van der Waals surface area contributed by atoms with Gasteiger partial charge in [-0.05, 0) is 36.1 Å². The number of nitrogens with one attached hydrogen (secondary N) is 1. The second-order valence-electron chi connectivity index (χ2n) is 6.44. The van der Waals surface area contributed by atoms with Crippen LogP contribution in [0, 0.1) is 0 Å². The number of hydrogen-bond acceptors (Lipinski definition) is 7. The largest absolute Gasteiger partial charge is 0.454 e. The number of benzene rings is 1. The Bertz CT molecular complexity index is 982. The number of thiophene rings is 1. The third kappa shape index (κ3) is 3.60. The van der Waals surface area contributed by atoms with Crippen molar-refractivity contribution >= 4 is 27.3 Å². The van der Waals surface area contributed by atoms with Crippen LogP contribution >= 0.6 is 11.3 Å². The summed E-state index contributed by atoms with van der Waals surface area (Å²) < 4.78 is 43.1. The number of rotatable bonds is 5. The predicted octanol–water partition coefficient (Wildman–Crippen LogP) is 1.99. The Morgan fingerprint density at radius 2 is 1.93 bits per heavy atom. The topological polar surface area (TPSA) is 94.2 Å². The summed E-state index contributed by atoms with van der Waals surface area (Å²) in [7, 11) is -3.74. The SMILES string of the molecule is CC(NC(=O)c1sccc1S(=O)(=O)N1CCOCC1)c1ccc2c(c1)OCO2. The number of fused-ring (bicyclic) bond motifs is 1. The molecule has 1 saturated heterocycles. The normalized spacial score (nSPS) is 18.0. The van der Waals surface area contributed by atoms with E-state index in [0.29, 0.717) is 24.7 Å². The highest BCUT2D eigenvalue weighted by molar-refractivity contribution is 7.89. The zero-order valence-electron chi connectivity index (χ0n) is 15.2. The summed E-state index contributed by atoms with van der Waals surface area (Å²) in [6.45, 7) is 3.29. The first kappa shape index (κ1) is 19.2. The molecule has 1 unspecified atom stereocenters. The van der Waals surface area contributed by atoms with Crippen molar-refractivity contribution in [3.05, 3.63) is 40.1 Å². The maximum absolute atomic E-state index is 12.9. The van der Waals surface area contributed by atoms with Gasteiger partial charge in [-0.15, -0.1) is 11.3 Å². The standard InChI is InChI=1S/C18H20N2O6S2/c1-12(13-2-3-14-15(10-13)26-11-25-14)19-18(21)17-16(4-9-27-17)28(22,23)20-5-7-24-8-6-20/h2-4,9-10,12H,5-8,11H2,1H3,(H,19,21). The van der Waals surface area contributed by atoms with Crippen LogP contribution < -0.4 is 14.8 Å². The fourth-order valence-corrected chi connectivity index (χ4v) is 5.83. The molecule has 0 aliphatic carbocycles. The molecule has 0 radical (unpaired) electrons. The van der Waals surface area contributed by atoms with Gasteiger partial charge in [0.05, 0.1) is 19.3 Å². The summed E-state index contributed by atoms with van der Waals surface area (Å²) in [5, 5.41) is 4.49. The zero-order chi connectivity index (χ0) is 19.7. The van der Waals surface area contributed by atoms with Crippen molar-refractivity contribution in [1.29, 1.82) is 0 Å². The van der Waals surface area contributed by atoms with Crippen LogP contribution in [-0.4, -0.2) is 51.7 Å². The Morgan fingerprint density at radius 3 is 2.71 bits per heavy atom. The summed E-state index contributed by atoms with van der Waals surface area (Å²) in [5.74, 6) is 0.872. The van der Waals surface area contributed by atoms with Crippen molar-refractivity contribution in [2.24, 2.45) is 0 Å². The van der Waals surface area contributed by atoms with Crippen molar-refractivity contribution in [2.75, 3.05) is 33.1 Å². The van der Waals surface area contributed by atoms with E-state index in [-0.39, 0.29) is 35.7 Å². The Balaban J connectivity index is 1.52. The Kier molecular flexibility index (Phi) is 5.28. The van der Waals surface area contributed by atoms with E-state index in [1.165, 1.54) is 10.4 Å². The molecule has 2 aliphatic heterocycles. The van der Waals surface area contributed by atoms with Crippen LogP contribution in [0.1, 0.15) is 28.2 Å². The van der Waals surface area contributed by atoms with E-state index in [1.54, 1.807) is 11.4 Å².